The standard InChI is InChI=1S/C10H11NO2S/c1-8-4-3-5-9(2)10(8)14-7-6-11(12)13/h3-7H,1-2H3. The van der Waals surface area contributed by atoms with Gasteiger partial charge in [0.15, 0.2) is 0 Å². The molecule has 0 aliphatic heterocycles. The molecule has 0 atom stereocenters. The highest BCUT2D eigenvalue weighted by Crippen LogP contribution is 2.26. The number of hydrogen-bond acceptors (Lipinski definition) is 3. The highest BCUT2D eigenvalue weighted by molar-refractivity contribution is 8.02. The van der Waals surface area contributed by atoms with E-state index >= 15 is 0 Å². The summed E-state index contributed by atoms with van der Waals surface area (Å²) >= 11 is 1.38. The van der Waals surface area contributed by atoms with Gasteiger partial charge >= 0.3 is 0 Å². The molecule has 4 heteroatoms. The van der Waals surface area contributed by atoms with Gasteiger partial charge in [0.1, 0.15) is 0 Å². The van der Waals surface area contributed by atoms with Crippen LogP contribution in [0.1, 0.15) is 11.1 Å². The molecule has 0 fully saturated rings. The van der Waals surface area contributed by atoms with Crippen molar-refractivity contribution in [1.29, 1.82) is 0 Å². The quantitative estimate of drug-likeness (QED) is 0.436. The summed E-state index contributed by atoms with van der Waals surface area (Å²) < 4.78 is 0. The summed E-state index contributed by atoms with van der Waals surface area (Å²) in [6.45, 7) is 3.99. The molecule has 0 saturated heterocycles. The summed E-state index contributed by atoms with van der Waals surface area (Å²) in [5.41, 5.74) is 2.28. The van der Waals surface area contributed by atoms with E-state index in [2.05, 4.69) is 0 Å². The number of benzene rings is 1. The maximum Gasteiger partial charge on any atom is 0.241 e. The van der Waals surface area contributed by atoms with Gasteiger partial charge in [-0.15, -0.1) is 0 Å². The minimum atomic E-state index is -0.458. The van der Waals surface area contributed by atoms with Crippen molar-refractivity contribution in [3.8, 4) is 0 Å². The highest BCUT2D eigenvalue weighted by Gasteiger charge is 2.00. The van der Waals surface area contributed by atoms with Gasteiger partial charge in [0, 0.05) is 10.3 Å². The third-order valence-corrected chi connectivity index (χ3v) is 2.91. The van der Waals surface area contributed by atoms with Crippen LogP contribution in [0.25, 0.3) is 0 Å². The molecule has 0 spiro atoms. The average molecular weight is 209 g/mol. The van der Waals surface area contributed by atoms with Gasteiger partial charge < -0.3 is 0 Å². The Hall–Kier alpha value is -1.29. The zero-order valence-corrected chi connectivity index (χ0v) is 8.88. The first-order valence-corrected chi connectivity index (χ1v) is 5.02. The molecule has 1 rings (SSSR count). The largest absolute Gasteiger partial charge is 0.259 e. The molecule has 0 bridgehead atoms. The Bertz CT molecular complexity index is 354. The molecule has 74 valence electrons. The molecule has 1 aromatic rings. The lowest BCUT2D eigenvalue weighted by Gasteiger charge is -2.04. The van der Waals surface area contributed by atoms with Crippen LogP contribution in [0.3, 0.4) is 0 Å². The van der Waals surface area contributed by atoms with Crippen LogP contribution in [0.4, 0.5) is 0 Å². The lowest BCUT2D eigenvalue weighted by molar-refractivity contribution is -0.402. The molecular formula is C10H11NO2S. The topological polar surface area (TPSA) is 43.1 Å². The molecule has 0 aliphatic rings. The smallest absolute Gasteiger partial charge is 0.241 e. The number of aryl methyl sites for hydroxylation is 2. The third-order valence-electron chi connectivity index (χ3n) is 1.78. The SMILES string of the molecule is Cc1cccc(C)c1SC=C[N+](=O)[O-]. The number of thioether (sulfide) groups is 1. The van der Waals surface area contributed by atoms with E-state index in [0.717, 1.165) is 22.2 Å². The van der Waals surface area contributed by atoms with E-state index in [-0.39, 0.29) is 0 Å². The predicted molar refractivity (Wildman–Crippen MR) is 57.9 cm³/mol. The van der Waals surface area contributed by atoms with Crippen molar-refractivity contribution in [2.75, 3.05) is 0 Å². The summed E-state index contributed by atoms with van der Waals surface area (Å²) in [4.78, 5) is 10.7. The van der Waals surface area contributed by atoms with Crippen molar-refractivity contribution in [1.82, 2.24) is 0 Å². The molecule has 0 heterocycles. The van der Waals surface area contributed by atoms with Crippen LogP contribution >= 0.6 is 11.8 Å². The van der Waals surface area contributed by atoms with E-state index in [9.17, 15) is 10.1 Å². The van der Waals surface area contributed by atoms with Crippen molar-refractivity contribution < 1.29 is 4.92 Å². The van der Waals surface area contributed by atoms with Crippen LogP contribution in [-0.2, 0) is 0 Å². The van der Waals surface area contributed by atoms with Crippen LogP contribution in [0.2, 0.25) is 0 Å². The molecule has 0 aliphatic carbocycles. The molecular weight excluding hydrogens is 198 g/mol. The van der Waals surface area contributed by atoms with E-state index in [0.29, 0.717) is 0 Å². The Morgan fingerprint density at radius 3 is 2.43 bits per heavy atom. The minimum Gasteiger partial charge on any atom is -0.259 e. The van der Waals surface area contributed by atoms with E-state index in [1.807, 2.05) is 32.0 Å². The fourth-order valence-electron chi connectivity index (χ4n) is 1.13. The van der Waals surface area contributed by atoms with Crippen LogP contribution < -0.4 is 0 Å². The van der Waals surface area contributed by atoms with Gasteiger partial charge in [0.05, 0.1) is 4.92 Å². The lowest BCUT2D eigenvalue weighted by Crippen LogP contribution is -1.84. The maximum absolute atomic E-state index is 10.1. The number of nitro groups is 1. The van der Waals surface area contributed by atoms with E-state index in [1.165, 1.54) is 17.2 Å². The van der Waals surface area contributed by atoms with E-state index < -0.39 is 4.92 Å². The Balaban J connectivity index is 2.81. The maximum atomic E-state index is 10.1. The molecule has 14 heavy (non-hydrogen) atoms. The van der Waals surface area contributed by atoms with Gasteiger partial charge in [-0.25, -0.2) is 0 Å². The summed E-state index contributed by atoms with van der Waals surface area (Å²) in [6.07, 6.45) is 0.955. The van der Waals surface area contributed by atoms with Crippen LogP contribution in [-0.4, -0.2) is 4.92 Å². The van der Waals surface area contributed by atoms with Gasteiger partial charge in [-0.1, -0.05) is 30.0 Å². The van der Waals surface area contributed by atoms with E-state index in [4.69, 9.17) is 0 Å². The molecule has 1 aromatic carbocycles. The Morgan fingerprint density at radius 1 is 1.36 bits per heavy atom. The zero-order chi connectivity index (χ0) is 10.6. The number of rotatable bonds is 3. The van der Waals surface area contributed by atoms with Crippen LogP contribution in [0.5, 0.6) is 0 Å². The summed E-state index contributed by atoms with van der Waals surface area (Å²) in [5.74, 6) is 0. The molecule has 0 N–H and O–H groups in total. The minimum absolute atomic E-state index is 0.458. The Kier molecular flexibility index (Phi) is 3.71. The Morgan fingerprint density at radius 2 is 1.93 bits per heavy atom. The second kappa shape index (κ2) is 4.81. The number of hydrogen-bond donors (Lipinski definition) is 0. The monoisotopic (exact) mass is 209 g/mol. The molecule has 0 aromatic heterocycles. The number of nitrogens with zero attached hydrogens (tertiary/aromatic N) is 1. The fraction of sp³-hybridized carbons (Fsp3) is 0.200. The average Bonchev–Trinajstić information content (AvgIpc) is 2.09. The Labute approximate surface area is 87.0 Å². The van der Waals surface area contributed by atoms with Crippen molar-refractivity contribution in [2.45, 2.75) is 18.7 Å². The van der Waals surface area contributed by atoms with Crippen molar-refractivity contribution in [2.24, 2.45) is 0 Å². The van der Waals surface area contributed by atoms with Gasteiger partial charge in [-0.2, -0.15) is 0 Å². The van der Waals surface area contributed by atoms with Crippen LogP contribution in [0, 0.1) is 24.0 Å². The molecule has 0 radical (unpaired) electrons. The van der Waals surface area contributed by atoms with Crippen molar-refractivity contribution in [3.05, 3.63) is 51.0 Å². The second-order valence-corrected chi connectivity index (χ2v) is 3.83. The molecule has 3 nitrogen and oxygen atoms in total. The zero-order valence-electron chi connectivity index (χ0n) is 8.06. The predicted octanol–water partition coefficient (Wildman–Crippen LogP) is 3.14. The first kappa shape index (κ1) is 10.8. The highest BCUT2D eigenvalue weighted by atomic mass is 32.2. The van der Waals surface area contributed by atoms with Gasteiger partial charge in [0.25, 0.3) is 0 Å². The normalized spacial score (nSPS) is 10.7. The molecule has 0 amide bonds. The fourth-order valence-corrected chi connectivity index (χ4v) is 1.94. The van der Waals surface area contributed by atoms with Gasteiger partial charge in [-0.3, -0.25) is 10.1 Å². The van der Waals surface area contributed by atoms with Crippen LogP contribution in [0.15, 0.2) is 34.7 Å². The summed E-state index contributed by atoms with van der Waals surface area (Å²) in [7, 11) is 0. The first-order valence-electron chi connectivity index (χ1n) is 4.14. The van der Waals surface area contributed by atoms with Crippen molar-refractivity contribution in [3.63, 3.8) is 0 Å². The lowest BCUT2D eigenvalue weighted by atomic mass is 10.2. The van der Waals surface area contributed by atoms with Gasteiger partial charge in [0.2, 0.25) is 6.20 Å². The summed E-state index contributed by atoms with van der Waals surface area (Å²) in [5, 5.41) is 11.6. The molecule has 0 saturated carbocycles. The third kappa shape index (κ3) is 2.88. The van der Waals surface area contributed by atoms with Crippen molar-refractivity contribution >= 4 is 11.8 Å². The molecule has 0 unspecified atom stereocenters. The van der Waals surface area contributed by atoms with Gasteiger partial charge in [-0.05, 0) is 25.0 Å². The second-order valence-electron chi connectivity index (χ2n) is 2.91. The first-order chi connectivity index (χ1) is 6.61. The summed E-state index contributed by atoms with van der Waals surface area (Å²) in [6, 6.07) is 5.97. The van der Waals surface area contributed by atoms with E-state index in [1.54, 1.807) is 0 Å².